The van der Waals surface area contributed by atoms with Gasteiger partial charge in [0.15, 0.2) is 5.96 Å². The molecule has 1 heterocycles. The monoisotopic (exact) mass is 464 g/mol. The zero-order valence-electron chi connectivity index (χ0n) is 15.3. The third-order valence-corrected chi connectivity index (χ3v) is 4.20. The van der Waals surface area contributed by atoms with Crippen molar-refractivity contribution in [3.63, 3.8) is 0 Å². The van der Waals surface area contributed by atoms with E-state index in [1.807, 2.05) is 6.07 Å². The topological polar surface area (TPSA) is 48.9 Å². The van der Waals surface area contributed by atoms with Gasteiger partial charge < -0.3 is 15.4 Å². The van der Waals surface area contributed by atoms with Crippen molar-refractivity contribution in [1.29, 1.82) is 0 Å². The van der Waals surface area contributed by atoms with Crippen LogP contribution in [0.1, 0.15) is 18.1 Å². The van der Waals surface area contributed by atoms with Gasteiger partial charge in [-0.25, -0.2) is 4.39 Å². The summed E-state index contributed by atoms with van der Waals surface area (Å²) >= 11 is 0. The van der Waals surface area contributed by atoms with Crippen LogP contribution in [0.25, 0.3) is 0 Å². The molecule has 0 saturated carbocycles. The van der Waals surface area contributed by atoms with Crippen molar-refractivity contribution in [3.05, 3.63) is 35.1 Å². The summed E-state index contributed by atoms with van der Waals surface area (Å²) in [6, 6.07) is 5.16. The summed E-state index contributed by atoms with van der Waals surface area (Å²) in [5, 5.41) is 6.64. The zero-order valence-corrected chi connectivity index (χ0v) is 17.7. The van der Waals surface area contributed by atoms with E-state index in [0.717, 1.165) is 50.9 Å². The lowest BCUT2D eigenvalue weighted by atomic mass is 10.1. The SMILES string of the molecule is CN=C(NCc1ccc(F)c(C)c1)NCC(C)CN1CCOCC1.I. The fourth-order valence-electron chi connectivity index (χ4n) is 2.78. The summed E-state index contributed by atoms with van der Waals surface area (Å²) in [7, 11) is 1.76. The van der Waals surface area contributed by atoms with Crippen LogP contribution in [0.5, 0.6) is 0 Å². The van der Waals surface area contributed by atoms with Crippen molar-refractivity contribution in [2.24, 2.45) is 10.9 Å². The Kier molecular flexibility index (Phi) is 10.3. The highest BCUT2D eigenvalue weighted by Crippen LogP contribution is 2.09. The van der Waals surface area contributed by atoms with Gasteiger partial charge in [0.05, 0.1) is 13.2 Å². The zero-order chi connectivity index (χ0) is 17.4. The highest BCUT2D eigenvalue weighted by atomic mass is 127. The Morgan fingerprint density at radius 2 is 2.04 bits per heavy atom. The Bertz CT molecular complexity index is 550. The molecule has 1 atom stereocenters. The fourth-order valence-corrected chi connectivity index (χ4v) is 2.78. The van der Waals surface area contributed by atoms with E-state index < -0.39 is 0 Å². The van der Waals surface area contributed by atoms with E-state index >= 15 is 0 Å². The lowest BCUT2D eigenvalue weighted by Gasteiger charge is -2.29. The van der Waals surface area contributed by atoms with Crippen LogP contribution in [0.2, 0.25) is 0 Å². The molecule has 0 spiro atoms. The molecule has 0 aromatic heterocycles. The number of guanidine groups is 1. The second kappa shape index (κ2) is 11.6. The summed E-state index contributed by atoms with van der Waals surface area (Å²) in [5.41, 5.74) is 1.70. The Hall–Kier alpha value is -0.930. The number of morpholine rings is 1. The first-order valence-electron chi connectivity index (χ1n) is 8.58. The number of nitrogens with one attached hydrogen (secondary N) is 2. The Balaban J connectivity index is 0.00000312. The molecule has 0 bridgehead atoms. The van der Waals surface area contributed by atoms with E-state index in [9.17, 15) is 4.39 Å². The Morgan fingerprint density at radius 1 is 1.32 bits per heavy atom. The maximum absolute atomic E-state index is 13.3. The molecule has 2 N–H and O–H groups in total. The largest absolute Gasteiger partial charge is 0.379 e. The second-order valence-corrected chi connectivity index (χ2v) is 6.41. The van der Waals surface area contributed by atoms with Gasteiger partial charge in [-0.1, -0.05) is 19.1 Å². The minimum Gasteiger partial charge on any atom is -0.379 e. The lowest BCUT2D eigenvalue weighted by Crippen LogP contribution is -2.43. The third-order valence-electron chi connectivity index (χ3n) is 4.20. The number of hydrogen-bond donors (Lipinski definition) is 2. The van der Waals surface area contributed by atoms with E-state index in [4.69, 9.17) is 4.74 Å². The van der Waals surface area contributed by atoms with Crippen LogP contribution in [0.3, 0.4) is 0 Å². The first-order chi connectivity index (χ1) is 11.6. The first kappa shape index (κ1) is 22.1. The number of ether oxygens (including phenoxy) is 1. The molecule has 25 heavy (non-hydrogen) atoms. The van der Waals surface area contributed by atoms with Crippen LogP contribution in [0, 0.1) is 18.7 Å². The van der Waals surface area contributed by atoms with Gasteiger partial charge in [0.2, 0.25) is 0 Å². The molecule has 0 radical (unpaired) electrons. The maximum atomic E-state index is 13.3. The highest BCUT2D eigenvalue weighted by molar-refractivity contribution is 14.0. The molecule has 1 aliphatic rings. The van der Waals surface area contributed by atoms with Gasteiger partial charge in [-0.05, 0) is 30.0 Å². The Morgan fingerprint density at radius 3 is 2.68 bits per heavy atom. The summed E-state index contributed by atoms with van der Waals surface area (Å²) < 4.78 is 18.7. The Labute approximate surface area is 167 Å². The molecule has 1 aliphatic heterocycles. The van der Waals surface area contributed by atoms with Crippen LogP contribution in [-0.4, -0.2) is 57.3 Å². The molecule has 1 aromatic carbocycles. The number of halogens is 2. The molecular weight excluding hydrogens is 434 g/mol. The molecule has 7 heteroatoms. The van der Waals surface area contributed by atoms with Crippen molar-refractivity contribution >= 4 is 29.9 Å². The molecule has 2 rings (SSSR count). The van der Waals surface area contributed by atoms with Gasteiger partial charge in [0.25, 0.3) is 0 Å². The summed E-state index contributed by atoms with van der Waals surface area (Å²) in [6.45, 7) is 10.3. The van der Waals surface area contributed by atoms with E-state index in [2.05, 4.69) is 27.4 Å². The average Bonchev–Trinajstić information content (AvgIpc) is 2.59. The van der Waals surface area contributed by atoms with E-state index in [1.165, 1.54) is 6.07 Å². The van der Waals surface area contributed by atoms with Crippen molar-refractivity contribution in [2.75, 3.05) is 46.4 Å². The van der Waals surface area contributed by atoms with Gasteiger partial charge in [0.1, 0.15) is 5.82 Å². The molecule has 5 nitrogen and oxygen atoms in total. The van der Waals surface area contributed by atoms with Crippen molar-refractivity contribution < 1.29 is 9.13 Å². The molecule has 1 unspecified atom stereocenters. The van der Waals surface area contributed by atoms with Crippen LogP contribution in [-0.2, 0) is 11.3 Å². The van der Waals surface area contributed by atoms with Gasteiger partial charge in [-0.3, -0.25) is 9.89 Å². The van der Waals surface area contributed by atoms with Gasteiger partial charge in [0, 0.05) is 39.8 Å². The maximum Gasteiger partial charge on any atom is 0.191 e. The highest BCUT2D eigenvalue weighted by Gasteiger charge is 2.13. The quantitative estimate of drug-likeness (QED) is 0.386. The number of hydrogen-bond acceptors (Lipinski definition) is 3. The number of aliphatic imine (C=N–C) groups is 1. The van der Waals surface area contributed by atoms with E-state index in [0.29, 0.717) is 18.0 Å². The smallest absolute Gasteiger partial charge is 0.191 e. The molecule has 1 saturated heterocycles. The molecular formula is C18H30FIN4O. The molecule has 0 aliphatic carbocycles. The lowest BCUT2D eigenvalue weighted by molar-refractivity contribution is 0.0320. The summed E-state index contributed by atoms with van der Waals surface area (Å²) in [4.78, 5) is 6.69. The minimum atomic E-state index is -0.168. The second-order valence-electron chi connectivity index (χ2n) is 6.41. The van der Waals surface area contributed by atoms with Crippen molar-refractivity contribution in [3.8, 4) is 0 Å². The van der Waals surface area contributed by atoms with Gasteiger partial charge >= 0.3 is 0 Å². The molecule has 1 fully saturated rings. The van der Waals surface area contributed by atoms with Gasteiger partial charge in [-0.15, -0.1) is 24.0 Å². The van der Waals surface area contributed by atoms with Crippen LogP contribution in [0.4, 0.5) is 4.39 Å². The summed E-state index contributed by atoms with van der Waals surface area (Å²) in [5.74, 6) is 1.12. The minimum absolute atomic E-state index is 0. The standard InChI is InChI=1S/C18H29FN4O.HI/c1-14(13-23-6-8-24-9-7-23)11-21-18(20-3)22-12-16-4-5-17(19)15(2)10-16;/h4-5,10,14H,6-9,11-13H2,1-3H3,(H2,20,21,22);1H. The summed E-state index contributed by atoms with van der Waals surface area (Å²) in [6.07, 6.45) is 0. The first-order valence-corrected chi connectivity index (χ1v) is 8.58. The van der Waals surface area contributed by atoms with Crippen LogP contribution >= 0.6 is 24.0 Å². The van der Waals surface area contributed by atoms with Gasteiger partial charge in [-0.2, -0.15) is 0 Å². The van der Waals surface area contributed by atoms with Crippen LogP contribution in [0.15, 0.2) is 23.2 Å². The fraction of sp³-hybridized carbons (Fsp3) is 0.611. The predicted molar refractivity (Wildman–Crippen MR) is 111 cm³/mol. The normalized spacial score (nSPS) is 16.9. The number of benzene rings is 1. The van der Waals surface area contributed by atoms with E-state index in [1.54, 1.807) is 20.0 Å². The number of rotatable bonds is 6. The van der Waals surface area contributed by atoms with Crippen LogP contribution < -0.4 is 10.6 Å². The average molecular weight is 464 g/mol. The third kappa shape index (κ3) is 7.87. The van der Waals surface area contributed by atoms with Crippen molar-refractivity contribution in [1.82, 2.24) is 15.5 Å². The molecule has 0 amide bonds. The number of aryl methyl sites for hydroxylation is 1. The number of nitrogens with zero attached hydrogens (tertiary/aromatic N) is 2. The van der Waals surface area contributed by atoms with Crippen molar-refractivity contribution in [2.45, 2.75) is 20.4 Å². The van der Waals surface area contributed by atoms with E-state index in [-0.39, 0.29) is 29.8 Å². The molecule has 142 valence electrons. The molecule has 1 aromatic rings. The predicted octanol–water partition coefficient (Wildman–Crippen LogP) is 2.39.